The largest absolute Gasteiger partial charge is 0.451 e. The van der Waals surface area contributed by atoms with Gasteiger partial charge < -0.3 is 14.6 Å². The predicted octanol–water partition coefficient (Wildman–Crippen LogP) is 2.42. The van der Waals surface area contributed by atoms with Crippen LogP contribution in [-0.4, -0.2) is 49.8 Å². The van der Waals surface area contributed by atoms with Gasteiger partial charge in [0.1, 0.15) is 12.1 Å². The van der Waals surface area contributed by atoms with Gasteiger partial charge >= 0.3 is 0 Å². The minimum Gasteiger partial charge on any atom is -0.451 e. The summed E-state index contributed by atoms with van der Waals surface area (Å²) in [6.07, 6.45) is 9.93. The Kier molecular flexibility index (Phi) is 4.62. The molecule has 9 nitrogen and oxygen atoms in total. The quantitative estimate of drug-likeness (QED) is 0.558. The lowest BCUT2D eigenvalue weighted by Gasteiger charge is -2.33. The number of fused-ring (bicyclic) bond motifs is 1. The molecule has 1 amide bonds. The van der Waals surface area contributed by atoms with E-state index in [0.717, 1.165) is 53.9 Å². The van der Waals surface area contributed by atoms with Crippen molar-refractivity contribution < 1.29 is 9.21 Å². The van der Waals surface area contributed by atoms with E-state index in [4.69, 9.17) is 9.40 Å². The minimum absolute atomic E-state index is 0.112. The fourth-order valence-electron chi connectivity index (χ4n) is 3.73. The number of piperidine rings is 1. The number of amides is 1. The number of aryl methyl sites for hydroxylation is 1. The second-order valence-corrected chi connectivity index (χ2v) is 7.44. The lowest BCUT2D eigenvalue weighted by atomic mass is 10.0. The molecule has 0 bridgehead atoms. The summed E-state index contributed by atoms with van der Waals surface area (Å²) in [4.78, 5) is 27.7. The van der Waals surface area contributed by atoms with E-state index in [9.17, 15) is 4.79 Å². The highest BCUT2D eigenvalue weighted by Gasteiger charge is 2.23. The fourth-order valence-corrected chi connectivity index (χ4v) is 3.73. The number of oxazole rings is 1. The van der Waals surface area contributed by atoms with Gasteiger partial charge in [0.15, 0.2) is 12.1 Å². The molecular formula is C21H21N7O2. The van der Waals surface area contributed by atoms with Crippen molar-refractivity contribution in [3.8, 4) is 11.3 Å². The molecular weight excluding hydrogens is 382 g/mol. The van der Waals surface area contributed by atoms with E-state index in [1.165, 1.54) is 12.7 Å². The van der Waals surface area contributed by atoms with E-state index in [1.54, 1.807) is 4.68 Å². The Balaban J connectivity index is 1.29. The molecule has 1 aliphatic rings. The van der Waals surface area contributed by atoms with Crippen LogP contribution >= 0.6 is 0 Å². The van der Waals surface area contributed by atoms with Crippen molar-refractivity contribution in [3.05, 3.63) is 55.1 Å². The first-order chi connectivity index (χ1) is 14.7. The number of aromatic nitrogens is 5. The second kappa shape index (κ2) is 7.58. The van der Waals surface area contributed by atoms with Gasteiger partial charge in [-0.25, -0.2) is 15.0 Å². The van der Waals surface area contributed by atoms with Crippen molar-refractivity contribution in [2.75, 3.05) is 18.0 Å². The van der Waals surface area contributed by atoms with Crippen LogP contribution in [0.4, 0.5) is 5.82 Å². The van der Waals surface area contributed by atoms with Crippen molar-refractivity contribution in [2.24, 2.45) is 7.05 Å². The Labute approximate surface area is 172 Å². The molecule has 9 heteroatoms. The number of anilines is 1. The monoisotopic (exact) mass is 403 g/mol. The van der Waals surface area contributed by atoms with Crippen molar-refractivity contribution in [1.82, 2.24) is 30.0 Å². The Morgan fingerprint density at radius 3 is 2.80 bits per heavy atom. The van der Waals surface area contributed by atoms with Gasteiger partial charge in [-0.1, -0.05) is 0 Å². The molecule has 0 spiro atoms. The molecule has 30 heavy (non-hydrogen) atoms. The van der Waals surface area contributed by atoms with Gasteiger partial charge in [-0.3, -0.25) is 9.48 Å². The molecule has 0 saturated carbocycles. The number of nitrogens with one attached hydrogen (secondary N) is 1. The number of nitrogens with zero attached hydrogens (tertiary/aromatic N) is 6. The number of pyridine rings is 2. The lowest BCUT2D eigenvalue weighted by Crippen LogP contribution is -2.45. The van der Waals surface area contributed by atoms with Crippen molar-refractivity contribution in [2.45, 2.75) is 18.9 Å². The van der Waals surface area contributed by atoms with E-state index in [2.05, 4.69) is 25.3 Å². The smallest absolute Gasteiger partial charge is 0.273 e. The van der Waals surface area contributed by atoms with Gasteiger partial charge in [0.05, 0.1) is 17.4 Å². The molecule has 0 aliphatic carbocycles. The Morgan fingerprint density at radius 1 is 1.20 bits per heavy atom. The van der Waals surface area contributed by atoms with Crippen molar-refractivity contribution >= 4 is 22.6 Å². The molecule has 0 unspecified atom stereocenters. The summed E-state index contributed by atoms with van der Waals surface area (Å²) >= 11 is 0. The van der Waals surface area contributed by atoms with Gasteiger partial charge in [-0.05, 0) is 25.0 Å². The molecule has 1 saturated heterocycles. The summed E-state index contributed by atoms with van der Waals surface area (Å²) in [7, 11) is 1.89. The van der Waals surface area contributed by atoms with Gasteiger partial charge in [0, 0.05) is 55.6 Å². The summed E-state index contributed by atoms with van der Waals surface area (Å²) in [6, 6.07) is 6.17. The highest BCUT2D eigenvalue weighted by atomic mass is 16.3. The summed E-state index contributed by atoms with van der Waals surface area (Å²) in [5, 5.41) is 8.25. The normalized spacial score (nSPS) is 14.9. The van der Waals surface area contributed by atoms with Crippen LogP contribution in [0, 0.1) is 0 Å². The van der Waals surface area contributed by atoms with E-state index in [-0.39, 0.29) is 11.9 Å². The number of hydrogen-bond acceptors (Lipinski definition) is 7. The average molecular weight is 403 g/mol. The zero-order valence-electron chi connectivity index (χ0n) is 16.5. The molecule has 152 valence electrons. The van der Waals surface area contributed by atoms with E-state index in [0.29, 0.717) is 5.69 Å². The number of hydrogen-bond donors (Lipinski definition) is 1. The molecule has 1 aliphatic heterocycles. The molecule has 4 aromatic rings. The number of carbonyl (C=O) groups excluding carboxylic acids is 1. The third-order valence-corrected chi connectivity index (χ3v) is 5.38. The maximum atomic E-state index is 12.1. The summed E-state index contributed by atoms with van der Waals surface area (Å²) in [5.74, 6) is 0.706. The van der Waals surface area contributed by atoms with Gasteiger partial charge in [0.2, 0.25) is 0 Å². The Bertz CT molecular complexity index is 1180. The van der Waals surface area contributed by atoms with Crippen molar-refractivity contribution in [1.29, 1.82) is 0 Å². The van der Waals surface area contributed by atoms with Gasteiger partial charge in [0.25, 0.3) is 5.91 Å². The third-order valence-electron chi connectivity index (χ3n) is 5.38. The lowest BCUT2D eigenvalue weighted by molar-refractivity contribution is 0.0926. The van der Waals surface area contributed by atoms with E-state index >= 15 is 0 Å². The molecule has 0 atom stereocenters. The average Bonchev–Trinajstić information content (AvgIpc) is 3.46. The fraction of sp³-hybridized carbons (Fsp3) is 0.286. The van der Waals surface area contributed by atoms with Gasteiger partial charge in [-0.2, -0.15) is 5.10 Å². The zero-order chi connectivity index (χ0) is 20.5. The number of rotatable bonds is 4. The highest BCUT2D eigenvalue weighted by Crippen LogP contribution is 2.24. The highest BCUT2D eigenvalue weighted by molar-refractivity contribution is 5.92. The first-order valence-electron chi connectivity index (χ1n) is 9.85. The molecule has 5 rings (SSSR count). The minimum atomic E-state index is -0.196. The van der Waals surface area contributed by atoms with Crippen LogP contribution in [0.5, 0.6) is 0 Å². The van der Waals surface area contributed by atoms with Crippen LogP contribution in [0.3, 0.4) is 0 Å². The molecule has 1 N–H and O–H groups in total. The first kappa shape index (κ1) is 18.3. The van der Waals surface area contributed by atoms with Crippen LogP contribution in [0.15, 0.2) is 53.9 Å². The van der Waals surface area contributed by atoms with Crippen LogP contribution in [0.1, 0.15) is 23.3 Å². The summed E-state index contributed by atoms with van der Waals surface area (Å²) < 4.78 is 6.64. The summed E-state index contributed by atoms with van der Waals surface area (Å²) in [6.45, 7) is 1.62. The predicted molar refractivity (Wildman–Crippen MR) is 111 cm³/mol. The number of carbonyl (C=O) groups is 1. The van der Waals surface area contributed by atoms with Gasteiger partial charge in [-0.15, -0.1) is 0 Å². The van der Waals surface area contributed by atoms with E-state index in [1.807, 2.05) is 43.8 Å². The molecule has 4 aromatic heterocycles. The maximum absolute atomic E-state index is 12.1. The van der Waals surface area contributed by atoms with Crippen LogP contribution in [-0.2, 0) is 7.05 Å². The van der Waals surface area contributed by atoms with Crippen molar-refractivity contribution in [3.63, 3.8) is 0 Å². The Morgan fingerprint density at radius 2 is 2.07 bits per heavy atom. The SMILES string of the molecule is Cn1cc(-c2ccc3cnc(N4CCC(NC(=O)c5cocn5)CC4)cc3n2)cn1. The molecule has 5 heterocycles. The van der Waals surface area contributed by atoms with E-state index < -0.39 is 0 Å². The molecule has 1 fully saturated rings. The summed E-state index contributed by atoms with van der Waals surface area (Å²) in [5.41, 5.74) is 3.09. The first-order valence-corrected chi connectivity index (χ1v) is 9.85. The molecule has 0 radical (unpaired) electrons. The van der Waals surface area contributed by atoms with Crippen LogP contribution in [0.25, 0.3) is 22.2 Å². The standard InChI is InChI=1S/C21H21N7O2/c1-27-11-15(10-24-27)17-3-2-14-9-22-20(8-18(14)26-17)28-6-4-16(5-7-28)25-21(29)19-12-30-13-23-19/h2-3,8-13,16H,4-7H2,1H3,(H,25,29). The molecule has 0 aromatic carbocycles. The zero-order valence-corrected chi connectivity index (χ0v) is 16.5. The van der Waals surface area contributed by atoms with Crippen LogP contribution in [0.2, 0.25) is 0 Å². The Hall–Kier alpha value is -3.75. The van der Waals surface area contributed by atoms with Crippen LogP contribution < -0.4 is 10.2 Å². The second-order valence-electron chi connectivity index (χ2n) is 7.44. The maximum Gasteiger partial charge on any atom is 0.273 e. The third kappa shape index (κ3) is 3.61. The topological polar surface area (TPSA) is 102 Å².